The molecule has 4 rings (SSSR count). The van der Waals surface area contributed by atoms with Crippen molar-refractivity contribution in [3.05, 3.63) is 93.4 Å². The smallest absolute Gasteiger partial charge is 0.271 e. The predicted molar refractivity (Wildman–Crippen MR) is 123 cm³/mol. The Bertz CT molecular complexity index is 1410. The van der Waals surface area contributed by atoms with E-state index in [1.807, 2.05) is 47.2 Å². The van der Waals surface area contributed by atoms with Gasteiger partial charge in [-0.1, -0.05) is 35.3 Å². The van der Waals surface area contributed by atoms with Crippen molar-refractivity contribution in [2.75, 3.05) is 0 Å². The van der Waals surface area contributed by atoms with Gasteiger partial charge in [0.2, 0.25) is 0 Å². The third-order valence-electron chi connectivity index (χ3n) is 4.79. The molecular formula is C23H15Cl2N5O2. The summed E-state index contributed by atoms with van der Waals surface area (Å²) in [6.07, 6.45) is 3.48. The normalized spacial score (nSPS) is 11.0. The first kappa shape index (κ1) is 21.4. The summed E-state index contributed by atoms with van der Waals surface area (Å²) in [6, 6.07) is 17.1. The fourth-order valence-corrected chi connectivity index (χ4v) is 3.48. The summed E-state index contributed by atoms with van der Waals surface area (Å²) in [5.74, 6) is -0.673. The van der Waals surface area contributed by atoms with E-state index in [2.05, 4.69) is 15.5 Å². The maximum atomic E-state index is 12.3. The van der Waals surface area contributed by atoms with Crippen LogP contribution in [0.3, 0.4) is 0 Å². The Morgan fingerprint density at radius 1 is 1.22 bits per heavy atom. The van der Waals surface area contributed by atoms with Crippen molar-refractivity contribution in [3.8, 4) is 11.8 Å². The molecule has 0 spiro atoms. The van der Waals surface area contributed by atoms with E-state index in [9.17, 15) is 9.90 Å². The van der Waals surface area contributed by atoms with Crippen LogP contribution in [-0.2, 0) is 6.54 Å². The molecule has 2 aromatic heterocycles. The summed E-state index contributed by atoms with van der Waals surface area (Å²) in [5.41, 5.74) is 5.22. The summed E-state index contributed by atoms with van der Waals surface area (Å²) < 4.78 is 2.03. The van der Waals surface area contributed by atoms with Gasteiger partial charge >= 0.3 is 0 Å². The van der Waals surface area contributed by atoms with Crippen LogP contribution in [0.2, 0.25) is 10.2 Å². The minimum Gasteiger partial charge on any atom is -0.507 e. The van der Waals surface area contributed by atoms with Crippen LogP contribution in [0, 0.1) is 11.3 Å². The highest BCUT2D eigenvalue weighted by atomic mass is 35.5. The first-order valence-electron chi connectivity index (χ1n) is 9.41. The van der Waals surface area contributed by atoms with E-state index < -0.39 is 5.91 Å². The third kappa shape index (κ3) is 4.42. The summed E-state index contributed by atoms with van der Waals surface area (Å²) in [6.45, 7) is 0.514. The average Bonchev–Trinajstić information content (AvgIpc) is 3.20. The van der Waals surface area contributed by atoms with E-state index in [-0.39, 0.29) is 22.0 Å². The van der Waals surface area contributed by atoms with Crippen molar-refractivity contribution in [2.24, 2.45) is 5.10 Å². The Kier molecular flexibility index (Phi) is 6.08. The SMILES string of the molecule is N#Cc1cc(C(=O)N/N=C/c2cccc3c2ccn3Cc2ccc(Cl)c(Cl)n2)ccc1O. The zero-order valence-corrected chi connectivity index (χ0v) is 18.0. The number of rotatable bonds is 5. The molecule has 1 amide bonds. The number of phenolic OH excluding ortho intramolecular Hbond substituents is 1. The number of nitrogens with one attached hydrogen (secondary N) is 1. The fourth-order valence-electron chi connectivity index (χ4n) is 3.21. The van der Waals surface area contributed by atoms with Gasteiger partial charge < -0.3 is 9.67 Å². The molecule has 0 fully saturated rings. The molecule has 0 atom stereocenters. The molecule has 2 heterocycles. The van der Waals surface area contributed by atoms with E-state index >= 15 is 0 Å². The summed E-state index contributed by atoms with van der Waals surface area (Å²) in [7, 11) is 0. The molecule has 2 aromatic carbocycles. The number of hydrazone groups is 1. The monoisotopic (exact) mass is 463 g/mol. The van der Waals surface area contributed by atoms with E-state index in [1.54, 1.807) is 12.3 Å². The highest BCUT2D eigenvalue weighted by Gasteiger charge is 2.10. The number of benzene rings is 2. The minimum atomic E-state index is -0.492. The van der Waals surface area contributed by atoms with Crippen molar-refractivity contribution in [3.63, 3.8) is 0 Å². The Hall–Kier alpha value is -3.86. The minimum absolute atomic E-state index is 0.0178. The number of fused-ring (bicyclic) bond motifs is 1. The van der Waals surface area contributed by atoms with Gasteiger partial charge in [0, 0.05) is 28.2 Å². The van der Waals surface area contributed by atoms with Crippen LogP contribution >= 0.6 is 23.2 Å². The molecule has 9 heteroatoms. The number of hydrogen-bond donors (Lipinski definition) is 2. The number of carbonyl (C=O) groups is 1. The fraction of sp³-hybridized carbons (Fsp3) is 0.0435. The summed E-state index contributed by atoms with van der Waals surface area (Å²) in [4.78, 5) is 16.6. The van der Waals surface area contributed by atoms with Gasteiger partial charge in [-0.15, -0.1) is 0 Å². The first-order valence-corrected chi connectivity index (χ1v) is 10.2. The van der Waals surface area contributed by atoms with Gasteiger partial charge in [0.1, 0.15) is 17.0 Å². The molecule has 0 aliphatic heterocycles. The third-order valence-corrected chi connectivity index (χ3v) is 5.48. The number of pyridine rings is 1. The average molecular weight is 464 g/mol. The largest absolute Gasteiger partial charge is 0.507 e. The van der Waals surface area contributed by atoms with E-state index in [1.165, 1.54) is 18.2 Å². The number of nitriles is 1. The lowest BCUT2D eigenvalue weighted by atomic mass is 10.1. The number of halogens is 2. The van der Waals surface area contributed by atoms with Crippen molar-refractivity contribution in [1.82, 2.24) is 15.0 Å². The van der Waals surface area contributed by atoms with Crippen LogP contribution in [0.25, 0.3) is 10.9 Å². The summed E-state index contributed by atoms with van der Waals surface area (Å²) in [5, 5.41) is 24.2. The zero-order valence-electron chi connectivity index (χ0n) is 16.5. The summed E-state index contributed by atoms with van der Waals surface area (Å²) >= 11 is 12.0. The van der Waals surface area contributed by atoms with E-state index in [0.29, 0.717) is 11.6 Å². The highest BCUT2D eigenvalue weighted by molar-refractivity contribution is 6.41. The second-order valence-corrected chi connectivity index (χ2v) is 7.61. The Morgan fingerprint density at radius 3 is 2.84 bits per heavy atom. The molecule has 0 saturated carbocycles. The number of carbonyl (C=O) groups excluding carboxylic acids is 1. The molecule has 158 valence electrons. The number of nitrogens with zero attached hydrogens (tertiary/aromatic N) is 4. The Morgan fingerprint density at radius 2 is 2.06 bits per heavy atom. The van der Waals surface area contributed by atoms with Crippen molar-refractivity contribution in [1.29, 1.82) is 5.26 Å². The first-order chi connectivity index (χ1) is 15.5. The predicted octanol–water partition coefficient (Wildman–Crippen LogP) is 4.73. The molecule has 0 bridgehead atoms. The van der Waals surface area contributed by atoms with Gasteiger partial charge in [0.25, 0.3) is 5.91 Å². The molecule has 0 unspecified atom stereocenters. The van der Waals surface area contributed by atoms with Crippen LogP contribution in [0.5, 0.6) is 5.75 Å². The maximum Gasteiger partial charge on any atom is 0.271 e. The van der Waals surface area contributed by atoms with Crippen LogP contribution in [0.1, 0.15) is 27.2 Å². The number of aromatic nitrogens is 2. The maximum absolute atomic E-state index is 12.3. The topological polar surface area (TPSA) is 103 Å². The molecule has 0 saturated heterocycles. The van der Waals surface area contributed by atoms with E-state index in [0.717, 1.165) is 22.2 Å². The van der Waals surface area contributed by atoms with Crippen LogP contribution < -0.4 is 5.43 Å². The van der Waals surface area contributed by atoms with Crippen LogP contribution in [0.4, 0.5) is 0 Å². The molecule has 7 nitrogen and oxygen atoms in total. The van der Waals surface area contributed by atoms with Gasteiger partial charge in [-0.3, -0.25) is 4.79 Å². The quantitative estimate of drug-likeness (QED) is 0.253. The molecule has 32 heavy (non-hydrogen) atoms. The standard InChI is InChI=1S/C23H15Cl2N5O2/c24-19-6-5-17(28-22(19)25)13-30-9-8-18-15(2-1-3-20(18)30)12-27-29-23(32)14-4-7-21(31)16(10-14)11-26/h1-10,12,31H,13H2,(H,29,32)/b27-12+. The molecule has 2 N–H and O–H groups in total. The lowest BCUT2D eigenvalue weighted by Gasteiger charge is -2.07. The van der Waals surface area contributed by atoms with E-state index in [4.69, 9.17) is 28.5 Å². The number of aromatic hydroxyl groups is 1. The van der Waals surface area contributed by atoms with Crippen molar-refractivity contribution in [2.45, 2.75) is 6.54 Å². The molecule has 0 aliphatic carbocycles. The van der Waals surface area contributed by atoms with Gasteiger partial charge in [-0.05, 0) is 42.5 Å². The molecule has 0 radical (unpaired) electrons. The van der Waals surface area contributed by atoms with Crippen LogP contribution in [-0.4, -0.2) is 26.8 Å². The Labute approximate surface area is 193 Å². The van der Waals surface area contributed by atoms with Gasteiger partial charge in [0.05, 0.1) is 29.0 Å². The van der Waals surface area contributed by atoms with Crippen molar-refractivity contribution >= 4 is 46.2 Å². The number of amides is 1. The van der Waals surface area contributed by atoms with Gasteiger partial charge in [-0.25, -0.2) is 10.4 Å². The van der Waals surface area contributed by atoms with Gasteiger partial charge in [-0.2, -0.15) is 10.4 Å². The van der Waals surface area contributed by atoms with Crippen LogP contribution in [0.15, 0.2) is 65.9 Å². The lowest BCUT2D eigenvalue weighted by molar-refractivity contribution is 0.0955. The second kappa shape index (κ2) is 9.10. The molecular weight excluding hydrogens is 449 g/mol. The number of phenols is 1. The second-order valence-electron chi connectivity index (χ2n) is 6.84. The number of hydrogen-bond acceptors (Lipinski definition) is 5. The Balaban J connectivity index is 1.52. The molecule has 0 aliphatic rings. The molecule has 4 aromatic rings. The van der Waals surface area contributed by atoms with Gasteiger partial charge in [0.15, 0.2) is 0 Å². The van der Waals surface area contributed by atoms with Crippen molar-refractivity contribution < 1.29 is 9.90 Å². The lowest BCUT2D eigenvalue weighted by Crippen LogP contribution is -2.17. The zero-order chi connectivity index (χ0) is 22.7. The highest BCUT2D eigenvalue weighted by Crippen LogP contribution is 2.23.